The van der Waals surface area contributed by atoms with Crippen molar-refractivity contribution < 1.29 is 0 Å². The van der Waals surface area contributed by atoms with Crippen molar-refractivity contribution in [3.05, 3.63) is 0 Å². The Bertz CT molecular complexity index is 156. The van der Waals surface area contributed by atoms with E-state index in [0.29, 0.717) is 11.5 Å². The van der Waals surface area contributed by atoms with E-state index in [4.69, 9.17) is 0 Å². The largest absolute Gasteiger partial charge is 0.310 e. The van der Waals surface area contributed by atoms with Crippen molar-refractivity contribution in [2.75, 3.05) is 12.0 Å². The Labute approximate surface area is 87.1 Å². The highest BCUT2D eigenvalue weighted by molar-refractivity contribution is 7.98. The van der Waals surface area contributed by atoms with E-state index in [-0.39, 0.29) is 0 Å². The summed E-state index contributed by atoms with van der Waals surface area (Å²) in [5.74, 6) is 1.23. The molecule has 1 fully saturated rings. The van der Waals surface area contributed by atoms with Crippen LogP contribution in [0.3, 0.4) is 0 Å². The van der Waals surface area contributed by atoms with E-state index in [1.54, 1.807) is 0 Å². The third kappa shape index (κ3) is 3.17. The molecule has 0 spiro atoms. The molecular formula is C11H23NS. The quantitative estimate of drug-likeness (QED) is 0.750. The first-order chi connectivity index (χ1) is 6.06. The lowest BCUT2D eigenvalue weighted by Gasteiger charge is -2.30. The van der Waals surface area contributed by atoms with Crippen molar-refractivity contribution >= 4 is 11.8 Å². The number of hydrogen-bond donors (Lipinski definition) is 1. The number of thioether (sulfide) groups is 1. The monoisotopic (exact) mass is 201 g/mol. The topological polar surface area (TPSA) is 12.0 Å². The summed E-state index contributed by atoms with van der Waals surface area (Å²) in [7, 11) is 0. The molecule has 1 nitrogen and oxygen atoms in total. The second kappa shape index (κ2) is 4.70. The van der Waals surface area contributed by atoms with Gasteiger partial charge in [0.2, 0.25) is 0 Å². The molecule has 2 heteroatoms. The second-order valence-electron chi connectivity index (χ2n) is 4.96. The molecule has 78 valence electrons. The highest BCUT2D eigenvalue weighted by atomic mass is 32.2. The Morgan fingerprint density at radius 2 is 2.23 bits per heavy atom. The van der Waals surface area contributed by atoms with E-state index in [1.165, 1.54) is 25.0 Å². The molecule has 1 aliphatic rings. The van der Waals surface area contributed by atoms with Crippen LogP contribution in [0.5, 0.6) is 0 Å². The average Bonchev–Trinajstić information content (AvgIpc) is 2.31. The molecule has 0 aromatic carbocycles. The molecule has 1 N–H and O–H groups in total. The summed E-state index contributed by atoms with van der Waals surface area (Å²) in [4.78, 5) is 0. The zero-order valence-electron chi connectivity index (χ0n) is 9.39. The van der Waals surface area contributed by atoms with Crippen LogP contribution < -0.4 is 5.32 Å². The van der Waals surface area contributed by atoms with Gasteiger partial charge in [0, 0.05) is 17.8 Å². The van der Waals surface area contributed by atoms with E-state index in [1.807, 2.05) is 11.8 Å². The van der Waals surface area contributed by atoms with Gasteiger partial charge in [-0.3, -0.25) is 0 Å². The Hall–Kier alpha value is 0.310. The summed E-state index contributed by atoms with van der Waals surface area (Å²) in [6.45, 7) is 7.08. The summed E-state index contributed by atoms with van der Waals surface area (Å²) >= 11 is 1.93. The normalized spacial score (nSPS) is 29.1. The minimum Gasteiger partial charge on any atom is -0.310 e. The molecule has 1 saturated carbocycles. The minimum atomic E-state index is 0.521. The minimum absolute atomic E-state index is 0.521. The predicted molar refractivity (Wildman–Crippen MR) is 62.4 cm³/mol. The molecule has 0 amide bonds. The van der Waals surface area contributed by atoms with Gasteiger partial charge in [0.1, 0.15) is 0 Å². The Kier molecular flexibility index (Phi) is 4.11. The van der Waals surface area contributed by atoms with Crippen LogP contribution in [0.25, 0.3) is 0 Å². The highest BCUT2D eigenvalue weighted by Crippen LogP contribution is 2.37. The molecule has 1 rings (SSSR count). The van der Waals surface area contributed by atoms with Gasteiger partial charge < -0.3 is 5.32 Å². The SMILES string of the molecule is CSCC(C)NC1CCCC1(C)C. The molecular weight excluding hydrogens is 178 g/mol. The first kappa shape index (κ1) is 11.4. The van der Waals surface area contributed by atoms with Crippen LogP contribution >= 0.6 is 11.8 Å². The van der Waals surface area contributed by atoms with Crippen molar-refractivity contribution in [1.29, 1.82) is 0 Å². The van der Waals surface area contributed by atoms with Crippen LogP contribution in [0.2, 0.25) is 0 Å². The van der Waals surface area contributed by atoms with Gasteiger partial charge in [0.15, 0.2) is 0 Å². The lowest BCUT2D eigenvalue weighted by atomic mass is 9.87. The van der Waals surface area contributed by atoms with Gasteiger partial charge in [-0.15, -0.1) is 0 Å². The molecule has 0 aromatic rings. The maximum Gasteiger partial charge on any atom is 0.0132 e. The Morgan fingerprint density at radius 3 is 2.69 bits per heavy atom. The second-order valence-corrected chi connectivity index (χ2v) is 5.87. The Morgan fingerprint density at radius 1 is 1.54 bits per heavy atom. The van der Waals surface area contributed by atoms with Crippen molar-refractivity contribution in [3.63, 3.8) is 0 Å². The van der Waals surface area contributed by atoms with Gasteiger partial charge >= 0.3 is 0 Å². The van der Waals surface area contributed by atoms with Gasteiger partial charge in [-0.2, -0.15) is 11.8 Å². The molecule has 13 heavy (non-hydrogen) atoms. The smallest absolute Gasteiger partial charge is 0.0132 e. The van der Waals surface area contributed by atoms with Crippen LogP contribution in [-0.4, -0.2) is 24.1 Å². The molecule has 2 unspecified atom stereocenters. The number of rotatable bonds is 4. The fraction of sp³-hybridized carbons (Fsp3) is 1.00. The zero-order valence-corrected chi connectivity index (χ0v) is 10.2. The molecule has 0 saturated heterocycles. The third-order valence-corrected chi connectivity index (χ3v) is 3.99. The molecule has 0 radical (unpaired) electrons. The van der Waals surface area contributed by atoms with Crippen molar-refractivity contribution in [2.45, 2.75) is 52.1 Å². The number of hydrogen-bond acceptors (Lipinski definition) is 2. The van der Waals surface area contributed by atoms with Crippen molar-refractivity contribution in [1.82, 2.24) is 5.32 Å². The van der Waals surface area contributed by atoms with E-state index < -0.39 is 0 Å². The van der Waals surface area contributed by atoms with E-state index in [0.717, 1.165) is 6.04 Å². The van der Waals surface area contributed by atoms with Crippen LogP contribution in [-0.2, 0) is 0 Å². The summed E-state index contributed by atoms with van der Waals surface area (Å²) in [5, 5.41) is 3.75. The van der Waals surface area contributed by atoms with Crippen LogP contribution in [0.1, 0.15) is 40.0 Å². The van der Waals surface area contributed by atoms with E-state index in [9.17, 15) is 0 Å². The highest BCUT2D eigenvalue weighted by Gasteiger charge is 2.34. The fourth-order valence-corrected chi connectivity index (χ4v) is 2.87. The predicted octanol–water partition coefficient (Wildman–Crippen LogP) is 2.91. The van der Waals surface area contributed by atoms with Gasteiger partial charge in [-0.25, -0.2) is 0 Å². The molecule has 0 aromatic heterocycles. The standard InChI is InChI=1S/C11H23NS/c1-9(8-13-4)12-10-6-5-7-11(10,2)3/h9-10,12H,5-8H2,1-4H3. The molecule has 0 heterocycles. The molecule has 1 aliphatic carbocycles. The first-order valence-electron chi connectivity index (χ1n) is 5.31. The fourth-order valence-electron chi connectivity index (χ4n) is 2.28. The molecule has 0 bridgehead atoms. The summed E-state index contributed by atoms with van der Waals surface area (Å²) in [5.41, 5.74) is 0.521. The van der Waals surface area contributed by atoms with Gasteiger partial charge in [0.05, 0.1) is 0 Å². The van der Waals surface area contributed by atoms with Gasteiger partial charge in [-0.05, 0) is 31.4 Å². The molecule has 0 aliphatic heterocycles. The maximum atomic E-state index is 3.75. The summed E-state index contributed by atoms with van der Waals surface area (Å²) in [6, 6.07) is 1.41. The first-order valence-corrected chi connectivity index (χ1v) is 6.70. The Balaban J connectivity index is 2.35. The lowest BCUT2D eigenvalue weighted by Crippen LogP contribution is -2.43. The van der Waals surface area contributed by atoms with Crippen LogP contribution in [0.15, 0.2) is 0 Å². The average molecular weight is 201 g/mol. The van der Waals surface area contributed by atoms with Gasteiger partial charge in [0.25, 0.3) is 0 Å². The summed E-state index contributed by atoms with van der Waals surface area (Å²) < 4.78 is 0. The number of nitrogens with one attached hydrogen (secondary N) is 1. The van der Waals surface area contributed by atoms with Crippen LogP contribution in [0, 0.1) is 5.41 Å². The van der Waals surface area contributed by atoms with E-state index >= 15 is 0 Å². The van der Waals surface area contributed by atoms with Gasteiger partial charge in [-0.1, -0.05) is 20.3 Å². The summed E-state index contributed by atoms with van der Waals surface area (Å²) in [6.07, 6.45) is 6.33. The maximum absolute atomic E-state index is 3.75. The lowest BCUT2D eigenvalue weighted by molar-refractivity contribution is 0.271. The zero-order chi connectivity index (χ0) is 9.90. The molecule has 2 atom stereocenters. The van der Waals surface area contributed by atoms with E-state index in [2.05, 4.69) is 32.3 Å². The third-order valence-electron chi connectivity index (χ3n) is 3.16. The van der Waals surface area contributed by atoms with Crippen molar-refractivity contribution in [3.8, 4) is 0 Å². The van der Waals surface area contributed by atoms with Crippen molar-refractivity contribution in [2.24, 2.45) is 5.41 Å². The van der Waals surface area contributed by atoms with Crippen LogP contribution in [0.4, 0.5) is 0 Å².